The molecule has 0 unspecified atom stereocenters. The molecule has 3 aliphatic rings. The van der Waals surface area contributed by atoms with Crippen LogP contribution < -0.4 is 4.74 Å². The van der Waals surface area contributed by atoms with E-state index in [9.17, 15) is 4.39 Å². The Bertz CT molecular complexity index is 1240. The van der Waals surface area contributed by atoms with Crippen LogP contribution in [0.25, 0.3) is 5.65 Å². The number of nitrogens with zero attached hydrogens (tertiary/aromatic N) is 5. The van der Waals surface area contributed by atoms with Crippen molar-refractivity contribution in [3.05, 3.63) is 57.2 Å². The predicted octanol–water partition coefficient (Wildman–Crippen LogP) is 3.90. The smallest absolute Gasteiger partial charge is 0.160 e. The van der Waals surface area contributed by atoms with Crippen LogP contribution in [0.15, 0.2) is 18.2 Å². The zero-order chi connectivity index (χ0) is 23.4. The summed E-state index contributed by atoms with van der Waals surface area (Å²) in [5.74, 6) is 0.387. The lowest BCUT2D eigenvalue weighted by Crippen LogP contribution is -2.52. The third-order valence-electron chi connectivity index (χ3n) is 7.35. The number of hydrogen-bond acceptors (Lipinski definition) is 6. The van der Waals surface area contributed by atoms with E-state index in [1.54, 1.807) is 0 Å². The minimum absolute atomic E-state index is 0.109. The quantitative estimate of drug-likeness (QED) is 0.546. The molecule has 0 atom stereocenters. The van der Waals surface area contributed by atoms with Gasteiger partial charge in [0.1, 0.15) is 17.7 Å². The average molecular weight is 486 g/mol. The molecule has 34 heavy (non-hydrogen) atoms. The van der Waals surface area contributed by atoms with Crippen LogP contribution in [0.1, 0.15) is 41.1 Å². The second-order valence-corrected chi connectivity index (χ2v) is 10.1. The van der Waals surface area contributed by atoms with Gasteiger partial charge in [0.2, 0.25) is 0 Å². The molecular weight excluding hydrogens is 457 g/mol. The summed E-state index contributed by atoms with van der Waals surface area (Å²) >= 11 is 6.37. The minimum Gasteiger partial charge on any atom is -0.490 e. The zero-order valence-electron chi connectivity index (χ0n) is 19.6. The second-order valence-electron chi connectivity index (χ2n) is 9.70. The lowest BCUT2D eigenvalue weighted by Gasteiger charge is -2.41. The highest BCUT2D eigenvalue weighted by Gasteiger charge is 2.31. The molecule has 2 fully saturated rings. The summed E-state index contributed by atoms with van der Waals surface area (Å²) in [6.07, 6.45) is 2.01. The molecular formula is C25H29ClFN5O2. The van der Waals surface area contributed by atoms with Crippen molar-refractivity contribution in [2.75, 3.05) is 26.3 Å². The van der Waals surface area contributed by atoms with Gasteiger partial charge in [0.25, 0.3) is 0 Å². The van der Waals surface area contributed by atoms with Gasteiger partial charge in [-0.1, -0.05) is 17.7 Å². The number of fused-ring (bicyclic) bond motifs is 3. The van der Waals surface area contributed by atoms with Crippen LogP contribution >= 0.6 is 11.6 Å². The number of ether oxygens (including phenoxy) is 2. The van der Waals surface area contributed by atoms with Gasteiger partial charge in [-0.05, 0) is 32.8 Å². The topological polar surface area (TPSA) is 55.1 Å². The van der Waals surface area contributed by atoms with E-state index in [2.05, 4.69) is 9.80 Å². The highest BCUT2D eigenvalue weighted by molar-refractivity contribution is 6.31. The van der Waals surface area contributed by atoms with Crippen molar-refractivity contribution in [1.29, 1.82) is 0 Å². The van der Waals surface area contributed by atoms with Crippen LogP contribution in [0, 0.1) is 19.7 Å². The molecule has 0 N–H and O–H groups in total. The van der Waals surface area contributed by atoms with Crippen molar-refractivity contribution in [1.82, 2.24) is 24.4 Å². The fourth-order valence-corrected chi connectivity index (χ4v) is 5.39. The first-order chi connectivity index (χ1) is 16.5. The SMILES string of the molecule is Cc1nc2c3c(nn2c(C)c1Cl)CN(Cc1ccc(F)cc1OC1CCN(C2COC2)CC1)C3. The van der Waals surface area contributed by atoms with Crippen LogP contribution in [0.3, 0.4) is 0 Å². The van der Waals surface area contributed by atoms with E-state index < -0.39 is 0 Å². The summed E-state index contributed by atoms with van der Waals surface area (Å²) in [7, 11) is 0. The van der Waals surface area contributed by atoms with E-state index in [0.717, 1.165) is 79.5 Å². The second kappa shape index (κ2) is 8.75. The first-order valence-electron chi connectivity index (χ1n) is 12.0. The number of piperidine rings is 1. The maximum atomic E-state index is 14.1. The van der Waals surface area contributed by atoms with E-state index >= 15 is 0 Å². The lowest BCUT2D eigenvalue weighted by atomic mass is 10.0. The number of benzene rings is 1. The summed E-state index contributed by atoms with van der Waals surface area (Å²) < 4.78 is 27.7. The number of rotatable bonds is 5. The molecule has 7 nitrogen and oxygen atoms in total. The molecule has 0 saturated carbocycles. The normalized spacial score (nSPS) is 20.1. The Morgan fingerprint density at radius 3 is 2.71 bits per heavy atom. The summed E-state index contributed by atoms with van der Waals surface area (Å²) in [4.78, 5) is 9.49. The lowest BCUT2D eigenvalue weighted by molar-refractivity contribution is -0.0778. The molecule has 2 saturated heterocycles. The first-order valence-corrected chi connectivity index (χ1v) is 12.4. The molecule has 9 heteroatoms. The van der Waals surface area contributed by atoms with Gasteiger partial charge in [0.15, 0.2) is 5.65 Å². The first kappa shape index (κ1) is 22.2. The molecule has 3 aliphatic heterocycles. The molecule has 6 rings (SSSR count). The van der Waals surface area contributed by atoms with Crippen LogP contribution in [0.4, 0.5) is 4.39 Å². The molecule has 2 aromatic heterocycles. The molecule has 0 amide bonds. The fourth-order valence-electron chi connectivity index (χ4n) is 5.27. The van der Waals surface area contributed by atoms with Gasteiger partial charge in [-0.15, -0.1) is 0 Å². The molecule has 1 aromatic carbocycles. The monoisotopic (exact) mass is 485 g/mol. The Kier molecular flexibility index (Phi) is 5.72. The van der Waals surface area contributed by atoms with E-state index in [-0.39, 0.29) is 11.9 Å². The van der Waals surface area contributed by atoms with E-state index in [1.807, 2.05) is 24.4 Å². The van der Waals surface area contributed by atoms with Gasteiger partial charge in [-0.3, -0.25) is 9.80 Å². The van der Waals surface area contributed by atoms with Gasteiger partial charge < -0.3 is 9.47 Å². The van der Waals surface area contributed by atoms with Crippen LogP contribution in [0.2, 0.25) is 5.02 Å². The number of aromatic nitrogens is 3. The maximum absolute atomic E-state index is 14.1. The Morgan fingerprint density at radius 1 is 1.18 bits per heavy atom. The average Bonchev–Trinajstić information content (AvgIpc) is 3.32. The predicted molar refractivity (Wildman–Crippen MR) is 127 cm³/mol. The van der Waals surface area contributed by atoms with Gasteiger partial charge in [0.05, 0.1) is 41.4 Å². The zero-order valence-corrected chi connectivity index (χ0v) is 20.3. The Balaban J connectivity index is 1.16. The van der Waals surface area contributed by atoms with Crippen LogP contribution in [0.5, 0.6) is 5.75 Å². The van der Waals surface area contributed by atoms with Crippen molar-refractivity contribution >= 4 is 17.2 Å². The van der Waals surface area contributed by atoms with E-state index in [4.69, 9.17) is 31.2 Å². The third kappa shape index (κ3) is 3.96. The highest BCUT2D eigenvalue weighted by Crippen LogP contribution is 2.32. The summed E-state index contributed by atoms with van der Waals surface area (Å²) in [6, 6.07) is 5.46. The standard InChI is InChI=1S/C25H29ClFN5O2/c1-15-24(26)16(2)32-25(28-15)21-11-30(12-22(21)29-32)10-17-3-4-18(27)9-23(17)34-20-5-7-31(8-6-20)19-13-33-14-19/h3-4,9,19-20H,5-8,10-14H2,1-2H3. The number of hydrogen-bond donors (Lipinski definition) is 0. The Hall–Kier alpha value is -2.26. The van der Waals surface area contributed by atoms with Gasteiger partial charge in [0, 0.05) is 49.9 Å². The summed E-state index contributed by atoms with van der Waals surface area (Å²) in [5.41, 5.74) is 5.76. The Labute approximate surface area is 203 Å². The molecule has 0 radical (unpaired) electrons. The van der Waals surface area contributed by atoms with Gasteiger partial charge >= 0.3 is 0 Å². The Morgan fingerprint density at radius 2 is 1.97 bits per heavy atom. The molecule has 3 aromatic rings. The van der Waals surface area contributed by atoms with Crippen molar-refractivity contribution in [2.24, 2.45) is 0 Å². The molecule has 0 aliphatic carbocycles. The van der Waals surface area contributed by atoms with E-state index in [1.165, 1.54) is 12.1 Å². The van der Waals surface area contributed by atoms with E-state index in [0.29, 0.717) is 29.9 Å². The van der Waals surface area contributed by atoms with Gasteiger partial charge in [-0.25, -0.2) is 13.9 Å². The number of halogens is 2. The minimum atomic E-state index is -0.266. The van der Waals surface area contributed by atoms with Crippen molar-refractivity contribution in [2.45, 2.75) is 58.5 Å². The van der Waals surface area contributed by atoms with Crippen molar-refractivity contribution in [3.8, 4) is 5.75 Å². The largest absolute Gasteiger partial charge is 0.490 e. The molecule has 180 valence electrons. The fraction of sp³-hybridized carbons (Fsp3) is 0.520. The van der Waals surface area contributed by atoms with Crippen LogP contribution in [-0.2, 0) is 24.4 Å². The van der Waals surface area contributed by atoms with Crippen molar-refractivity contribution < 1.29 is 13.9 Å². The molecule has 0 spiro atoms. The summed E-state index contributed by atoms with van der Waals surface area (Å²) in [5, 5.41) is 5.43. The highest BCUT2D eigenvalue weighted by atomic mass is 35.5. The number of aryl methyl sites for hydroxylation is 2. The number of likely N-dealkylation sites (tertiary alicyclic amines) is 1. The molecule has 5 heterocycles. The maximum Gasteiger partial charge on any atom is 0.160 e. The van der Waals surface area contributed by atoms with Crippen LogP contribution in [-0.4, -0.2) is 62.8 Å². The third-order valence-corrected chi connectivity index (χ3v) is 7.90. The molecule has 0 bridgehead atoms. The van der Waals surface area contributed by atoms with Gasteiger partial charge in [-0.2, -0.15) is 5.10 Å². The summed E-state index contributed by atoms with van der Waals surface area (Å²) in [6.45, 7) is 9.70. The van der Waals surface area contributed by atoms with Crippen molar-refractivity contribution in [3.63, 3.8) is 0 Å².